The lowest BCUT2D eigenvalue weighted by molar-refractivity contribution is -0.534. The van der Waals surface area contributed by atoms with Gasteiger partial charge < -0.3 is 28.4 Å². The van der Waals surface area contributed by atoms with Crippen LogP contribution >= 0.6 is 18.5 Å². The molecule has 1 aromatic rings. The van der Waals surface area contributed by atoms with E-state index < -0.39 is 56.4 Å². The van der Waals surface area contributed by atoms with Gasteiger partial charge in [-0.05, 0) is 104 Å². The Balaban J connectivity index is 1.56. The van der Waals surface area contributed by atoms with Gasteiger partial charge in [-0.1, -0.05) is 12.1 Å². The number of hydrogen-bond acceptors (Lipinski definition) is 6. The van der Waals surface area contributed by atoms with Gasteiger partial charge in [-0.3, -0.25) is 0 Å². The summed E-state index contributed by atoms with van der Waals surface area (Å²) in [4.78, 5) is 0. The lowest BCUT2D eigenvalue weighted by atomic mass is 9.46. The number of rotatable bonds is 4. The van der Waals surface area contributed by atoms with E-state index >= 15 is 0 Å². The smallest absolute Gasteiger partial charge is 0.172 e. The Morgan fingerprint density at radius 3 is 1.25 bits per heavy atom. The van der Waals surface area contributed by atoms with Gasteiger partial charge in [-0.15, -0.1) is 18.5 Å². The van der Waals surface area contributed by atoms with E-state index in [1.807, 2.05) is 0 Å². The Hall–Kier alpha value is -0.160. The SMILES string of the molecule is Cc1ccc(C2(CP)C3(C)CC4(C)OC(C)(CC2(C)O4)O3)c(C2(CP)C3(C)CC4(C)OC(C)(CC2(C)O4)O3)c1C. The van der Waals surface area contributed by atoms with E-state index in [0.717, 1.165) is 12.3 Å². The second-order valence-electron chi connectivity index (χ2n) is 15.4. The maximum Gasteiger partial charge on any atom is 0.172 e. The zero-order valence-electron chi connectivity index (χ0n) is 26.0. The largest absolute Gasteiger partial charge is 0.343 e. The molecule has 40 heavy (non-hydrogen) atoms. The molecule has 0 radical (unpaired) electrons. The highest BCUT2D eigenvalue weighted by Gasteiger charge is 2.81. The molecule has 0 spiro atoms. The summed E-state index contributed by atoms with van der Waals surface area (Å²) in [7, 11) is 6.20. The summed E-state index contributed by atoms with van der Waals surface area (Å²) in [6, 6.07) is 4.66. The van der Waals surface area contributed by atoms with E-state index in [1.54, 1.807) is 0 Å². The summed E-state index contributed by atoms with van der Waals surface area (Å²) in [5.41, 5.74) is 2.20. The monoisotopic (exact) mass is 590 g/mol. The first-order valence-electron chi connectivity index (χ1n) is 15.0. The third kappa shape index (κ3) is 3.00. The van der Waals surface area contributed by atoms with Crippen LogP contribution in [0.4, 0.5) is 0 Å². The third-order valence-electron chi connectivity index (χ3n) is 12.1. The molecule has 8 fully saturated rings. The average Bonchev–Trinajstić information content (AvgIpc) is 2.72. The number of hydrogen-bond donors (Lipinski definition) is 0. The zero-order chi connectivity index (χ0) is 29.2. The first-order valence-corrected chi connectivity index (χ1v) is 16.6. The third-order valence-corrected chi connectivity index (χ3v) is 13.3. The quantitative estimate of drug-likeness (QED) is 0.391. The predicted octanol–water partition coefficient (Wildman–Crippen LogP) is 6.17. The fourth-order valence-electron chi connectivity index (χ4n) is 11.8. The first-order chi connectivity index (χ1) is 18.2. The molecule has 10 unspecified atom stereocenters. The second-order valence-corrected chi connectivity index (χ2v) is 16.2. The van der Waals surface area contributed by atoms with Gasteiger partial charge in [-0.25, -0.2) is 0 Å². The molecule has 10 atom stereocenters. The molecule has 1 aromatic carbocycles. The molecule has 8 heterocycles. The summed E-state index contributed by atoms with van der Waals surface area (Å²) < 4.78 is 41.2. The van der Waals surface area contributed by atoms with Crippen LogP contribution in [0.1, 0.15) is 103 Å². The van der Waals surface area contributed by atoms with E-state index in [4.69, 9.17) is 28.4 Å². The Labute approximate surface area is 244 Å². The van der Waals surface area contributed by atoms with Crippen LogP contribution in [0.15, 0.2) is 12.1 Å². The summed E-state index contributed by atoms with van der Waals surface area (Å²) in [6.45, 7) is 22.1. The molecule has 6 nitrogen and oxygen atoms in total. The van der Waals surface area contributed by atoms with Crippen LogP contribution in [0.3, 0.4) is 0 Å². The molecule has 8 aliphatic heterocycles. The summed E-state index contributed by atoms with van der Waals surface area (Å²) >= 11 is 0. The highest BCUT2D eigenvalue weighted by atomic mass is 31.0. The van der Waals surface area contributed by atoms with E-state index in [2.05, 4.69) is 99.8 Å². The van der Waals surface area contributed by atoms with E-state index in [-0.39, 0.29) is 0 Å². The molecule has 222 valence electrons. The van der Waals surface area contributed by atoms with E-state index in [1.165, 1.54) is 22.3 Å². The van der Waals surface area contributed by atoms with Crippen LogP contribution in [0.25, 0.3) is 0 Å². The van der Waals surface area contributed by atoms with Crippen molar-refractivity contribution in [1.82, 2.24) is 0 Å². The predicted molar refractivity (Wildman–Crippen MR) is 161 cm³/mol. The summed E-state index contributed by atoms with van der Waals surface area (Å²) in [5.74, 6) is -2.77. The van der Waals surface area contributed by atoms with Crippen molar-refractivity contribution in [3.05, 3.63) is 34.4 Å². The molecular weight excluding hydrogens is 542 g/mol. The molecule has 8 heteroatoms. The number of aryl methyl sites for hydroxylation is 1. The van der Waals surface area contributed by atoms with Crippen LogP contribution < -0.4 is 0 Å². The van der Waals surface area contributed by atoms with Gasteiger partial charge in [0.25, 0.3) is 0 Å². The maximum absolute atomic E-state index is 7.09. The maximum atomic E-state index is 7.09. The van der Waals surface area contributed by atoms with Gasteiger partial charge in [0.05, 0.1) is 33.2 Å². The average molecular weight is 591 g/mol. The van der Waals surface area contributed by atoms with Crippen molar-refractivity contribution >= 4 is 18.5 Å². The van der Waals surface area contributed by atoms with Crippen LogP contribution in [0, 0.1) is 13.8 Å². The van der Waals surface area contributed by atoms with Gasteiger partial charge in [0.2, 0.25) is 0 Å². The molecule has 8 bridgehead atoms. The fraction of sp³-hybridized carbons (Fsp3) is 0.812. The standard InChI is InChI=1S/C32H48O6P2/c1-19-11-12-21(31(17-39)23(3)13-27(7)34-24(31,4)14-28(8,33-23)37-27)22(20(19)2)32(18-40)25(5)15-29(9)36-26(32,6)16-30(10,35-25)38-29/h11-12H,13-18,39-40H2,1-10H3. The van der Waals surface area contributed by atoms with Gasteiger partial charge >= 0.3 is 0 Å². The van der Waals surface area contributed by atoms with Crippen LogP contribution in [0.2, 0.25) is 0 Å². The van der Waals surface area contributed by atoms with E-state index in [0.29, 0.717) is 25.7 Å². The molecule has 0 aromatic heterocycles. The van der Waals surface area contributed by atoms with E-state index in [9.17, 15) is 0 Å². The molecule has 0 N–H and O–H groups in total. The molecule has 0 saturated carbocycles. The highest BCUT2D eigenvalue weighted by Crippen LogP contribution is 2.73. The van der Waals surface area contributed by atoms with Crippen molar-refractivity contribution < 1.29 is 28.4 Å². The van der Waals surface area contributed by atoms with Crippen molar-refractivity contribution in [2.75, 3.05) is 12.3 Å². The molecule has 8 aliphatic rings. The van der Waals surface area contributed by atoms with Gasteiger partial charge in [0.15, 0.2) is 23.1 Å². The number of ether oxygens (including phenoxy) is 6. The summed E-state index contributed by atoms with van der Waals surface area (Å²) in [6.07, 6.45) is 4.22. The van der Waals surface area contributed by atoms with Crippen molar-refractivity contribution in [3.8, 4) is 0 Å². The minimum atomic E-state index is -0.693. The van der Waals surface area contributed by atoms with Crippen molar-refractivity contribution in [2.45, 2.75) is 151 Å². The van der Waals surface area contributed by atoms with Gasteiger partial charge in [0.1, 0.15) is 0 Å². The lowest BCUT2D eigenvalue weighted by Gasteiger charge is -2.77. The molecular formula is C32H48O6P2. The Morgan fingerprint density at radius 1 is 0.550 bits per heavy atom. The summed E-state index contributed by atoms with van der Waals surface area (Å²) in [5, 5.41) is 0. The molecule has 9 rings (SSSR count). The Bertz CT molecular complexity index is 1240. The molecule has 0 amide bonds. The molecule has 8 saturated heterocycles. The van der Waals surface area contributed by atoms with Crippen LogP contribution in [-0.4, -0.2) is 57.9 Å². The van der Waals surface area contributed by atoms with Crippen LogP contribution in [0.5, 0.6) is 0 Å². The van der Waals surface area contributed by atoms with Crippen LogP contribution in [-0.2, 0) is 39.3 Å². The topological polar surface area (TPSA) is 55.4 Å². The number of benzene rings is 1. The normalized spacial score (nSPS) is 57.7. The van der Waals surface area contributed by atoms with Gasteiger partial charge in [-0.2, -0.15) is 0 Å². The highest BCUT2D eigenvalue weighted by molar-refractivity contribution is 7.16. The zero-order valence-corrected chi connectivity index (χ0v) is 28.3. The molecule has 0 aliphatic carbocycles. The minimum absolute atomic E-state index is 0.459. The Kier molecular flexibility index (Phi) is 5.40. The lowest BCUT2D eigenvalue weighted by Crippen LogP contribution is -2.86. The van der Waals surface area contributed by atoms with Gasteiger partial charge in [0, 0.05) is 25.7 Å². The van der Waals surface area contributed by atoms with Crippen molar-refractivity contribution in [3.63, 3.8) is 0 Å². The van der Waals surface area contributed by atoms with Crippen molar-refractivity contribution in [2.24, 2.45) is 0 Å². The minimum Gasteiger partial charge on any atom is -0.343 e. The Morgan fingerprint density at radius 2 is 0.900 bits per heavy atom. The van der Waals surface area contributed by atoms with Crippen molar-refractivity contribution in [1.29, 1.82) is 0 Å². The fourth-order valence-corrected chi connectivity index (χ4v) is 13.9. The second kappa shape index (κ2) is 7.55. The first kappa shape index (κ1) is 28.6.